The van der Waals surface area contributed by atoms with Crippen molar-refractivity contribution in [1.29, 1.82) is 0 Å². The second-order valence-corrected chi connectivity index (χ2v) is 6.36. The Labute approximate surface area is 120 Å². The lowest BCUT2D eigenvalue weighted by Crippen LogP contribution is -2.30. The van der Waals surface area contributed by atoms with E-state index in [1.165, 1.54) is 33.4 Å². The van der Waals surface area contributed by atoms with Crippen LogP contribution >= 0.6 is 0 Å². The minimum atomic E-state index is -3.55. The predicted octanol–water partition coefficient (Wildman–Crippen LogP) is 1.56. The van der Waals surface area contributed by atoms with E-state index in [4.69, 9.17) is 4.74 Å². The third-order valence-electron chi connectivity index (χ3n) is 3.42. The maximum Gasteiger partial charge on any atom is 0.298 e. The Hall–Kier alpha value is -1.47. The topological polar surface area (TPSA) is 70.7 Å². The van der Waals surface area contributed by atoms with Crippen LogP contribution < -0.4 is 19.1 Å². The molecule has 1 aromatic carbocycles. The first-order valence-electron chi connectivity index (χ1n) is 6.70. The predicted molar refractivity (Wildman–Crippen MR) is 80.7 cm³/mol. The normalized spacial score (nSPS) is 16.0. The number of methoxy groups -OCH3 is 1. The van der Waals surface area contributed by atoms with Crippen LogP contribution in [0.2, 0.25) is 0 Å². The van der Waals surface area contributed by atoms with Crippen LogP contribution in [-0.2, 0) is 10.2 Å². The SMILES string of the molecule is CNS(=O)(=O)Nc1cc(N2CCCCC2)ccc1OC. The summed E-state index contributed by atoms with van der Waals surface area (Å²) in [6.07, 6.45) is 3.60. The fraction of sp³-hybridized carbons (Fsp3) is 0.538. The lowest BCUT2D eigenvalue weighted by Gasteiger charge is -2.29. The fourth-order valence-electron chi connectivity index (χ4n) is 2.32. The minimum absolute atomic E-state index is 0.449. The van der Waals surface area contributed by atoms with Gasteiger partial charge in [-0.3, -0.25) is 4.72 Å². The number of piperidine rings is 1. The van der Waals surface area contributed by atoms with Crippen LogP contribution in [0.15, 0.2) is 18.2 Å². The van der Waals surface area contributed by atoms with Gasteiger partial charge in [-0.1, -0.05) is 0 Å². The molecule has 20 heavy (non-hydrogen) atoms. The molecule has 1 fully saturated rings. The Balaban J connectivity index is 2.28. The molecule has 1 aliphatic heterocycles. The second kappa shape index (κ2) is 6.32. The van der Waals surface area contributed by atoms with Gasteiger partial charge in [0, 0.05) is 25.8 Å². The summed E-state index contributed by atoms with van der Waals surface area (Å²) in [5, 5.41) is 0. The van der Waals surface area contributed by atoms with Crippen molar-refractivity contribution in [2.24, 2.45) is 0 Å². The third kappa shape index (κ3) is 3.55. The molecule has 0 radical (unpaired) electrons. The van der Waals surface area contributed by atoms with Crippen molar-refractivity contribution in [2.45, 2.75) is 19.3 Å². The molecular weight excluding hydrogens is 278 g/mol. The largest absolute Gasteiger partial charge is 0.495 e. The summed E-state index contributed by atoms with van der Waals surface area (Å²) < 4.78 is 33.2. The molecule has 1 heterocycles. The highest BCUT2D eigenvalue weighted by Gasteiger charge is 2.15. The highest BCUT2D eigenvalue weighted by atomic mass is 32.2. The molecule has 0 bridgehead atoms. The summed E-state index contributed by atoms with van der Waals surface area (Å²) in [4.78, 5) is 2.26. The first kappa shape index (κ1) is 14.9. The van der Waals surface area contributed by atoms with Gasteiger partial charge in [0.1, 0.15) is 5.75 Å². The average molecular weight is 299 g/mol. The fourth-order valence-corrected chi connectivity index (χ4v) is 2.87. The number of ether oxygens (including phenoxy) is 1. The highest BCUT2D eigenvalue weighted by Crippen LogP contribution is 2.31. The molecule has 1 aromatic rings. The van der Waals surface area contributed by atoms with E-state index in [1.54, 1.807) is 6.07 Å². The number of anilines is 2. The lowest BCUT2D eigenvalue weighted by molar-refractivity contribution is 0.417. The van der Waals surface area contributed by atoms with Gasteiger partial charge in [-0.05, 0) is 37.5 Å². The number of benzene rings is 1. The third-order valence-corrected chi connectivity index (χ3v) is 4.44. The molecule has 112 valence electrons. The monoisotopic (exact) mass is 299 g/mol. The van der Waals surface area contributed by atoms with Crippen molar-refractivity contribution >= 4 is 21.6 Å². The van der Waals surface area contributed by atoms with Gasteiger partial charge in [0.25, 0.3) is 10.2 Å². The van der Waals surface area contributed by atoms with E-state index in [0.29, 0.717) is 11.4 Å². The molecule has 7 heteroatoms. The van der Waals surface area contributed by atoms with Crippen molar-refractivity contribution in [3.8, 4) is 5.75 Å². The van der Waals surface area contributed by atoms with Crippen LogP contribution in [0.5, 0.6) is 5.75 Å². The summed E-state index contributed by atoms with van der Waals surface area (Å²) in [6.45, 7) is 2.01. The smallest absolute Gasteiger partial charge is 0.298 e. The van der Waals surface area contributed by atoms with Gasteiger partial charge in [0.05, 0.1) is 12.8 Å². The van der Waals surface area contributed by atoms with Crippen LogP contribution in [0.25, 0.3) is 0 Å². The number of hydrogen-bond donors (Lipinski definition) is 2. The molecule has 0 atom stereocenters. The van der Waals surface area contributed by atoms with E-state index in [-0.39, 0.29) is 0 Å². The van der Waals surface area contributed by atoms with Crippen LogP contribution in [-0.4, -0.2) is 35.7 Å². The maximum atomic E-state index is 11.6. The van der Waals surface area contributed by atoms with Crippen molar-refractivity contribution < 1.29 is 13.2 Å². The molecule has 2 rings (SSSR count). The number of rotatable bonds is 5. The Morgan fingerprint density at radius 2 is 1.90 bits per heavy atom. The maximum absolute atomic E-state index is 11.6. The van der Waals surface area contributed by atoms with Gasteiger partial charge in [-0.25, -0.2) is 4.72 Å². The molecule has 1 saturated heterocycles. The minimum Gasteiger partial charge on any atom is -0.495 e. The van der Waals surface area contributed by atoms with E-state index >= 15 is 0 Å². The van der Waals surface area contributed by atoms with Crippen molar-refractivity contribution in [3.63, 3.8) is 0 Å². The molecule has 0 spiro atoms. The molecule has 6 nitrogen and oxygen atoms in total. The number of hydrogen-bond acceptors (Lipinski definition) is 4. The molecule has 0 aromatic heterocycles. The molecule has 0 saturated carbocycles. The second-order valence-electron chi connectivity index (χ2n) is 4.74. The van der Waals surface area contributed by atoms with E-state index in [0.717, 1.165) is 18.8 Å². The van der Waals surface area contributed by atoms with E-state index in [1.807, 2.05) is 12.1 Å². The zero-order chi connectivity index (χ0) is 14.6. The Bertz CT molecular complexity index is 554. The molecule has 1 aliphatic rings. The summed E-state index contributed by atoms with van der Waals surface area (Å²) in [5.74, 6) is 0.504. The molecule has 0 unspecified atom stereocenters. The quantitative estimate of drug-likeness (QED) is 0.865. The Morgan fingerprint density at radius 1 is 1.20 bits per heavy atom. The van der Waals surface area contributed by atoms with Gasteiger partial charge in [-0.15, -0.1) is 0 Å². The molecule has 0 amide bonds. The summed E-state index contributed by atoms with van der Waals surface area (Å²) in [7, 11) is -0.666. The number of nitrogens with zero attached hydrogens (tertiary/aromatic N) is 1. The van der Waals surface area contributed by atoms with Gasteiger partial charge < -0.3 is 9.64 Å². The van der Waals surface area contributed by atoms with Crippen LogP contribution in [0.3, 0.4) is 0 Å². The van der Waals surface area contributed by atoms with Gasteiger partial charge in [-0.2, -0.15) is 8.42 Å². The summed E-state index contributed by atoms with van der Waals surface area (Å²) in [6, 6.07) is 5.57. The van der Waals surface area contributed by atoms with E-state index in [9.17, 15) is 8.42 Å². The van der Waals surface area contributed by atoms with Crippen molar-refractivity contribution in [2.75, 3.05) is 36.9 Å². The van der Waals surface area contributed by atoms with Gasteiger partial charge >= 0.3 is 0 Å². The van der Waals surface area contributed by atoms with Crippen LogP contribution in [0, 0.1) is 0 Å². The standard InChI is InChI=1S/C13H21N3O3S/c1-14-20(17,18)15-12-10-11(6-7-13(12)19-2)16-8-4-3-5-9-16/h6-7,10,14-15H,3-5,8-9H2,1-2H3. The van der Waals surface area contributed by atoms with Gasteiger partial charge in [0.15, 0.2) is 0 Å². The van der Waals surface area contributed by atoms with Gasteiger partial charge in [0.2, 0.25) is 0 Å². The average Bonchev–Trinajstić information content (AvgIpc) is 2.48. The van der Waals surface area contributed by atoms with Crippen molar-refractivity contribution in [3.05, 3.63) is 18.2 Å². The Kier molecular flexibility index (Phi) is 4.72. The van der Waals surface area contributed by atoms with E-state index < -0.39 is 10.2 Å². The summed E-state index contributed by atoms with van der Waals surface area (Å²) in [5.41, 5.74) is 1.46. The zero-order valence-electron chi connectivity index (χ0n) is 11.8. The zero-order valence-corrected chi connectivity index (χ0v) is 12.7. The first-order chi connectivity index (χ1) is 9.55. The van der Waals surface area contributed by atoms with Crippen molar-refractivity contribution in [1.82, 2.24) is 4.72 Å². The Morgan fingerprint density at radius 3 is 2.50 bits per heavy atom. The lowest BCUT2D eigenvalue weighted by atomic mass is 10.1. The molecule has 0 aliphatic carbocycles. The number of nitrogens with one attached hydrogen (secondary N) is 2. The van der Waals surface area contributed by atoms with E-state index in [2.05, 4.69) is 14.3 Å². The molecular formula is C13H21N3O3S. The molecule has 2 N–H and O–H groups in total. The first-order valence-corrected chi connectivity index (χ1v) is 8.18. The highest BCUT2D eigenvalue weighted by molar-refractivity contribution is 7.90. The van der Waals surface area contributed by atoms with Crippen LogP contribution in [0.1, 0.15) is 19.3 Å². The van der Waals surface area contributed by atoms with Crippen LogP contribution in [0.4, 0.5) is 11.4 Å². The summed E-state index contributed by atoms with van der Waals surface area (Å²) >= 11 is 0.